The Morgan fingerprint density at radius 2 is 0.979 bits per heavy atom. The molecule has 0 atom stereocenters. The van der Waals surface area contributed by atoms with E-state index in [2.05, 4.69) is 0 Å². The van der Waals surface area contributed by atoms with Gasteiger partial charge in [-0.2, -0.15) is 0 Å². The van der Waals surface area contributed by atoms with E-state index in [1.807, 2.05) is 121 Å². The van der Waals surface area contributed by atoms with Gasteiger partial charge in [-0.25, -0.2) is 0 Å². The van der Waals surface area contributed by atoms with Crippen molar-refractivity contribution in [2.75, 3.05) is 4.90 Å². The summed E-state index contributed by atoms with van der Waals surface area (Å²) in [6.45, 7) is 0. The van der Waals surface area contributed by atoms with Crippen LogP contribution >= 0.6 is 0 Å². The standard InChI is InChI=1S/C46H31N/c1-4-19-39-32(12-1)15-10-24-40(39)35-17-9-18-38(30-35)47(46-25-11-16-33-13-2-6-21-42(33)46)37-28-26-34(27-29-37)45-31-36-14-3-5-20-41(36)43-22-7-8-23-44(43)45/h1-31H/i9D,17D,18D,26D,27D,28D,29D,30D. The maximum absolute atomic E-state index is 9.79. The topological polar surface area (TPSA) is 3.24 Å². The summed E-state index contributed by atoms with van der Waals surface area (Å²) in [6, 6.07) is 41.0. The van der Waals surface area contributed by atoms with Crippen molar-refractivity contribution in [3.8, 4) is 22.3 Å². The third-order valence-electron chi connectivity index (χ3n) is 8.77. The second-order valence-electron chi connectivity index (χ2n) is 11.5. The fourth-order valence-electron chi connectivity index (χ4n) is 6.59. The van der Waals surface area contributed by atoms with Crippen LogP contribution in [0.25, 0.3) is 65.3 Å². The number of rotatable bonds is 5. The summed E-state index contributed by atoms with van der Waals surface area (Å²) in [7, 11) is 0. The van der Waals surface area contributed by atoms with Gasteiger partial charge in [-0.3, -0.25) is 0 Å². The van der Waals surface area contributed by atoms with Gasteiger partial charge in [-0.05, 0) is 96.3 Å². The van der Waals surface area contributed by atoms with Crippen LogP contribution in [0.1, 0.15) is 11.0 Å². The molecule has 9 aromatic rings. The van der Waals surface area contributed by atoms with Crippen LogP contribution in [0.5, 0.6) is 0 Å². The van der Waals surface area contributed by atoms with Gasteiger partial charge in [-0.15, -0.1) is 0 Å². The van der Waals surface area contributed by atoms with Crippen LogP contribution in [0.3, 0.4) is 0 Å². The van der Waals surface area contributed by atoms with Gasteiger partial charge in [0.1, 0.15) is 0 Å². The van der Waals surface area contributed by atoms with Gasteiger partial charge in [0.05, 0.1) is 16.7 Å². The largest absolute Gasteiger partial charge is 0.310 e. The van der Waals surface area contributed by atoms with E-state index >= 15 is 0 Å². The highest BCUT2D eigenvalue weighted by Gasteiger charge is 2.17. The van der Waals surface area contributed by atoms with E-state index in [1.165, 1.54) is 4.90 Å². The molecule has 0 aliphatic rings. The summed E-state index contributed by atoms with van der Waals surface area (Å²) in [5.74, 6) is 0. The molecular formula is C46H31N. The van der Waals surface area contributed by atoms with E-state index in [-0.39, 0.29) is 58.8 Å². The van der Waals surface area contributed by atoms with Crippen LogP contribution < -0.4 is 4.90 Å². The minimum Gasteiger partial charge on any atom is -0.310 e. The van der Waals surface area contributed by atoms with E-state index in [0.29, 0.717) is 22.2 Å². The fraction of sp³-hybridized carbons (Fsp3) is 0. The van der Waals surface area contributed by atoms with Gasteiger partial charge >= 0.3 is 0 Å². The second-order valence-corrected chi connectivity index (χ2v) is 11.5. The van der Waals surface area contributed by atoms with Crippen molar-refractivity contribution in [1.82, 2.24) is 0 Å². The molecule has 1 heteroatoms. The Labute approximate surface area is 285 Å². The predicted molar refractivity (Wildman–Crippen MR) is 202 cm³/mol. The number of hydrogen-bond donors (Lipinski definition) is 0. The Hall–Kier alpha value is -6.18. The monoisotopic (exact) mass is 605 g/mol. The van der Waals surface area contributed by atoms with Gasteiger partial charge < -0.3 is 4.90 Å². The fourth-order valence-corrected chi connectivity index (χ4v) is 6.59. The van der Waals surface area contributed by atoms with Crippen molar-refractivity contribution in [3.63, 3.8) is 0 Å². The maximum Gasteiger partial charge on any atom is 0.0651 e. The predicted octanol–water partition coefficient (Wildman–Crippen LogP) is 13.1. The van der Waals surface area contributed by atoms with Crippen LogP contribution in [-0.4, -0.2) is 0 Å². The summed E-state index contributed by atoms with van der Waals surface area (Å²) in [5, 5.41) is 6.75. The van der Waals surface area contributed by atoms with Crippen molar-refractivity contribution >= 4 is 60.2 Å². The minimum absolute atomic E-state index is 0.120. The molecule has 9 aromatic carbocycles. The van der Waals surface area contributed by atoms with E-state index in [0.717, 1.165) is 37.7 Å². The minimum atomic E-state index is -0.437. The average molecular weight is 606 g/mol. The molecule has 0 N–H and O–H groups in total. The average Bonchev–Trinajstić information content (AvgIpc) is 3.21. The Morgan fingerprint density at radius 3 is 1.77 bits per heavy atom. The summed E-state index contributed by atoms with van der Waals surface area (Å²) in [6.07, 6.45) is 0. The molecule has 0 aromatic heterocycles. The zero-order chi connectivity index (χ0) is 38.1. The van der Waals surface area contributed by atoms with Gasteiger partial charge in [0, 0.05) is 16.8 Å². The summed E-state index contributed by atoms with van der Waals surface area (Å²) in [5.41, 5.74) is 1.49. The molecule has 0 radical (unpaired) electrons. The van der Waals surface area contributed by atoms with Gasteiger partial charge in [-0.1, -0.05) is 152 Å². The molecule has 0 saturated heterocycles. The van der Waals surface area contributed by atoms with Crippen LogP contribution in [0.2, 0.25) is 0 Å². The molecule has 0 aliphatic heterocycles. The number of anilines is 3. The highest BCUT2D eigenvalue weighted by atomic mass is 15.1. The molecule has 220 valence electrons. The highest BCUT2D eigenvalue weighted by molar-refractivity contribution is 6.14. The zero-order valence-corrected chi connectivity index (χ0v) is 25.2. The molecule has 0 aliphatic carbocycles. The van der Waals surface area contributed by atoms with Crippen molar-refractivity contribution < 1.29 is 11.0 Å². The Kier molecular flexibility index (Phi) is 4.83. The maximum atomic E-state index is 9.79. The van der Waals surface area contributed by atoms with Crippen LogP contribution in [0.4, 0.5) is 17.1 Å². The van der Waals surface area contributed by atoms with E-state index in [4.69, 9.17) is 2.74 Å². The molecule has 0 bridgehead atoms. The van der Waals surface area contributed by atoms with E-state index in [9.17, 15) is 8.22 Å². The van der Waals surface area contributed by atoms with Gasteiger partial charge in [0.25, 0.3) is 0 Å². The molecule has 9 rings (SSSR count). The number of nitrogens with zero attached hydrogens (tertiary/aromatic N) is 1. The SMILES string of the molecule is [2H]c1c([2H])c(-c2cccc3ccccc23)c([2H])c(N(c2c([2H])c([2H])c(-c3cc4ccccc4c4ccccc34)c([2H])c2[2H])c2cccc3ccccc23)c1[2H]. The van der Waals surface area contributed by atoms with Crippen LogP contribution in [0.15, 0.2) is 188 Å². The quantitative estimate of drug-likeness (QED) is 0.176. The molecule has 0 spiro atoms. The Balaban J connectivity index is 1.39. The van der Waals surface area contributed by atoms with Crippen molar-refractivity contribution in [2.45, 2.75) is 0 Å². The molecule has 0 heterocycles. The van der Waals surface area contributed by atoms with E-state index in [1.54, 1.807) is 18.2 Å². The van der Waals surface area contributed by atoms with Crippen LogP contribution in [0, 0.1) is 0 Å². The first kappa shape index (κ1) is 20.0. The molecule has 0 saturated carbocycles. The van der Waals surface area contributed by atoms with E-state index < -0.39 is 12.1 Å². The smallest absolute Gasteiger partial charge is 0.0651 e. The lowest BCUT2D eigenvalue weighted by molar-refractivity contribution is 1.30. The second kappa shape index (κ2) is 11.3. The van der Waals surface area contributed by atoms with Crippen molar-refractivity contribution in [3.05, 3.63) is 188 Å². The van der Waals surface area contributed by atoms with Crippen molar-refractivity contribution in [2.24, 2.45) is 0 Å². The van der Waals surface area contributed by atoms with Crippen LogP contribution in [-0.2, 0) is 0 Å². The van der Waals surface area contributed by atoms with Crippen molar-refractivity contribution in [1.29, 1.82) is 0 Å². The lowest BCUT2D eigenvalue weighted by atomic mass is 9.93. The number of fused-ring (bicyclic) bond motifs is 5. The highest BCUT2D eigenvalue weighted by Crippen LogP contribution is 2.42. The summed E-state index contributed by atoms with van der Waals surface area (Å²) < 4.78 is 75.7. The third kappa shape index (κ3) is 4.72. The molecule has 1 nitrogen and oxygen atoms in total. The number of hydrogen-bond acceptors (Lipinski definition) is 1. The summed E-state index contributed by atoms with van der Waals surface area (Å²) in [4.78, 5) is 1.43. The lowest BCUT2D eigenvalue weighted by Gasteiger charge is -2.27. The molecule has 0 unspecified atom stereocenters. The first-order chi connectivity index (χ1) is 26.7. The zero-order valence-electron chi connectivity index (χ0n) is 33.2. The summed E-state index contributed by atoms with van der Waals surface area (Å²) >= 11 is 0. The Bertz CT molecular complexity index is 3010. The normalized spacial score (nSPS) is 13.8. The lowest BCUT2D eigenvalue weighted by Crippen LogP contribution is -2.10. The third-order valence-corrected chi connectivity index (χ3v) is 8.77. The molecule has 47 heavy (non-hydrogen) atoms. The Morgan fingerprint density at radius 1 is 0.383 bits per heavy atom. The first-order valence-corrected chi connectivity index (χ1v) is 15.5. The van der Waals surface area contributed by atoms with Gasteiger partial charge in [0.15, 0.2) is 0 Å². The molecule has 0 amide bonds. The molecule has 0 fully saturated rings. The molecular weight excluding hydrogens is 567 g/mol. The number of benzene rings is 9. The van der Waals surface area contributed by atoms with Gasteiger partial charge in [0.2, 0.25) is 0 Å². The first-order valence-electron chi connectivity index (χ1n) is 19.5.